The average Bonchev–Trinajstić information content (AvgIpc) is 3.30. The number of piperazine rings is 1. The molecule has 2 aromatic heterocycles. The molecule has 4 rings (SSSR count). The summed E-state index contributed by atoms with van der Waals surface area (Å²) < 4.78 is 42.7. The Morgan fingerprint density at radius 2 is 1.69 bits per heavy atom. The molecule has 0 bridgehead atoms. The lowest BCUT2D eigenvalue weighted by Crippen LogP contribution is -2.49. The van der Waals surface area contributed by atoms with Gasteiger partial charge < -0.3 is 29.7 Å². The molecule has 0 aliphatic carbocycles. The van der Waals surface area contributed by atoms with Crippen molar-refractivity contribution in [3.63, 3.8) is 0 Å². The fourth-order valence-corrected chi connectivity index (χ4v) is 4.25. The van der Waals surface area contributed by atoms with Gasteiger partial charge in [-0.2, -0.15) is 0 Å². The van der Waals surface area contributed by atoms with E-state index in [1.807, 2.05) is 29.8 Å². The van der Waals surface area contributed by atoms with Crippen LogP contribution in [-0.2, 0) is 6.54 Å². The van der Waals surface area contributed by atoms with Crippen LogP contribution in [0, 0.1) is 6.92 Å². The lowest BCUT2D eigenvalue weighted by molar-refractivity contribution is -0.274. The van der Waals surface area contributed by atoms with E-state index in [2.05, 4.69) is 32.2 Å². The number of ether oxygens (including phenoxy) is 1. The Morgan fingerprint density at radius 1 is 1.00 bits per heavy atom. The molecule has 1 fully saturated rings. The zero-order valence-corrected chi connectivity index (χ0v) is 21.8. The van der Waals surface area contributed by atoms with Gasteiger partial charge in [-0.1, -0.05) is 19.4 Å². The van der Waals surface area contributed by atoms with E-state index in [4.69, 9.17) is 0 Å². The molecule has 0 atom stereocenters. The molecule has 9 nitrogen and oxygen atoms in total. The molecule has 3 amide bonds. The minimum absolute atomic E-state index is 0.115. The molecule has 3 aromatic rings. The Bertz CT molecular complexity index is 1270. The molecule has 0 radical (unpaired) electrons. The Kier molecular flexibility index (Phi) is 8.62. The highest BCUT2D eigenvalue weighted by atomic mass is 19.4. The number of aryl methyl sites for hydroxylation is 2. The zero-order valence-electron chi connectivity index (χ0n) is 21.8. The topological polar surface area (TPSA) is 91.7 Å². The number of amides is 3. The van der Waals surface area contributed by atoms with Crippen LogP contribution in [0.1, 0.15) is 35.8 Å². The Balaban J connectivity index is 1.38. The molecule has 39 heavy (non-hydrogen) atoms. The molecule has 2 N–H and O–H groups in total. The normalized spacial score (nSPS) is 13.8. The molecule has 1 aliphatic heterocycles. The number of rotatable bonds is 8. The third kappa shape index (κ3) is 7.65. The summed E-state index contributed by atoms with van der Waals surface area (Å²) in [5.41, 5.74) is 2.29. The standard InChI is InChI=1S/C27H31F3N6O3/c1-3-4-11-36-18-21(33-26(38)32-20-6-8-22(9-7-20)39-27(28,29)30)16-23(36)25(37)35-14-12-34(13-15-35)24-10-5-19(2)17-31-24/h5-10,16-18H,3-4,11-15H2,1-2H3,(H2,32,33,38). The van der Waals surface area contributed by atoms with Crippen LogP contribution in [0.3, 0.4) is 0 Å². The first-order chi connectivity index (χ1) is 18.6. The minimum Gasteiger partial charge on any atom is -0.406 e. The summed E-state index contributed by atoms with van der Waals surface area (Å²) >= 11 is 0. The van der Waals surface area contributed by atoms with Crippen molar-refractivity contribution in [3.8, 4) is 5.75 Å². The van der Waals surface area contributed by atoms with Crippen LogP contribution in [0.5, 0.6) is 5.75 Å². The molecule has 0 spiro atoms. The summed E-state index contributed by atoms with van der Waals surface area (Å²) in [7, 11) is 0. The smallest absolute Gasteiger partial charge is 0.406 e. The lowest BCUT2D eigenvalue weighted by atomic mass is 10.2. The second-order valence-electron chi connectivity index (χ2n) is 9.29. The van der Waals surface area contributed by atoms with Gasteiger partial charge >= 0.3 is 12.4 Å². The fourth-order valence-electron chi connectivity index (χ4n) is 4.25. The van der Waals surface area contributed by atoms with E-state index in [0.29, 0.717) is 44.1 Å². The van der Waals surface area contributed by atoms with Crippen molar-refractivity contribution < 1.29 is 27.5 Å². The minimum atomic E-state index is -4.79. The number of nitrogens with one attached hydrogen (secondary N) is 2. The molecular formula is C27H31F3N6O3. The second-order valence-corrected chi connectivity index (χ2v) is 9.29. The predicted molar refractivity (Wildman–Crippen MR) is 142 cm³/mol. The highest BCUT2D eigenvalue weighted by Gasteiger charge is 2.31. The Morgan fingerprint density at radius 3 is 2.31 bits per heavy atom. The molecule has 12 heteroatoms. The number of carbonyl (C=O) groups excluding carboxylic acids is 2. The molecule has 208 valence electrons. The van der Waals surface area contributed by atoms with Crippen LogP contribution in [0.2, 0.25) is 0 Å². The quantitative estimate of drug-likeness (QED) is 0.391. The van der Waals surface area contributed by atoms with Crippen LogP contribution in [0.4, 0.5) is 35.2 Å². The number of urea groups is 1. The first-order valence-corrected chi connectivity index (χ1v) is 12.7. The van der Waals surface area contributed by atoms with E-state index in [1.54, 1.807) is 17.2 Å². The number of halogens is 3. The predicted octanol–water partition coefficient (Wildman–Crippen LogP) is 5.50. The van der Waals surface area contributed by atoms with Gasteiger partial charge in [0.1, 0.15) is 17.3 Å². The summed E-state index contributed by atoms with van der Waals surface area (Å²) in [5.74, 6) is 0.385. The van der Waals surface area contributed by atoms with E-state index in [-0.39, 0.29) is 17.3 Å². The number of nitrogens with zero attached hydrogens (tertiary/aromatic N) is 4. The SMILES string of the molecule is CCCCn1cc(NC(=O)Nc2ccc(OC(F)(F)F)cc2)cc1C(=O)N1CCN(c2ccc(C)cn2)CC1. The van der Waals surface area contributed by atoms with Crippen LogP contribution in [0.15, 0.2) is 54.9 Å². The number of hydrogen-bond acceptors (Lipinski definition) is 5. The van der Waals surface area contributed by atoms with E-state index in [1.165, 1.54) is 12.1 Å². The van der Waals surface area contributed by atoms with Crippen molar-refractivity contribution in [1.82, 2.24) is 14.5 Å². The second kappa shape index (κ2) is 12.1. The summed E-state index contributed by atoms with van der Waals surface area (Å²) in [5, 5.41) is 5.27. The number of benzene rings is 1. The fraction of sp³-hybridized carbons (Fsp3) is 0.370. The van der Waals surface area contributed by atoms with Gasteiger partial charge in [-0.3, -0.25) is 4.79 Å². The number of unbranched alkanes of at least 4 members (excludes halogenated alkanes) is 1. The monoisotopic (exact) mass is 544 g/mol. The van der Waals surface area contributed by atoms with Crippen molar-refractivity contribution in [2.45, 2.75) is 39.6 Å². The maximum Gasteiger partial charge on any atom is 0.573 e. The van der Waals surface area contributed by atoms with E-state index < -0.39 is 12.4 Å². The number of pyridine rings is 1. The molecule has 1 saturated heterocycles. The third-order valence-electron chi connectivity index (χ3n) is 6.26. The highest BCUT2D eigenvalue weighted by molar-refractivity contribution is 6.01. The van der Waals surface area contributed by atoms with Gasteiger partial charge in [0.2, 0.25) is 0 Å². The highest BCUT2D eigenvalue weighted by Crippen LogP contribution is 2.24. The third-order valence-corrected chi connectivity index (χ3v) is 6.26. The van der Waals surface area contributed by atoms with E-state index in [0.717, 1.165) is 36.4 Å². The largest absolute Gasteiger partial charge is 0.573 e. The number of hydrogen-bond donors (Lipinski definition) is 2. The van der Waals surface area contributed by atoms with Crippen molar-refractivity contribution >= 4 is 29.1 Å². The van der Waals surface area contributed by atoms with Crippen molar-refractivity contribution in [2.75, 3.05) is 41.7 Å². The summed E-state index contributed by atoms with van der Waals surface area (Å²) in [6.45, 7) is 7.09. The van der Waals surface area contributed by atoms with E-state index >= 15 is 0 Å². The molecule has 3 heterocycles. The summed E-state index contributed by atoms with van der Waals surface area (Å²) in [6, 6.07) is 9.86. The first-order valence-electron chi connectivity index (χ1n) is 12.7. The summed E-state index contributed by atoms with van der Waals surface area (Å²) in [4.78, 5) is 34.4. The Labute approximate surface area is 224 Å². The first kappa shape index (κ1) is 27.8. The van der Waals surface area contributed by atoms with Gasteiger partial charge in [0.15, 0.2) is 0 Å². The molecule has 1 aliphatic rings. The van der Waals surface area contributed by atoms with Gasteiger partial charge in [0.05, 0.1) is 5.69 Å². The molecule has 1 aromatic carbocycles. The van der Waals surface area contributed by atoms with Gasteiger partial charge in [0, 0.05) is 50.8 Å². The van der Waals surface area contributed by atoms with Crippen LogP contribution in [0.25, 0.3) is 0 Å². The Hall–Kier alpha value is -4.22. The van der Waals surface area contributed by atoms with Crippen LogP contribution < -0.4 is 20.3 Å². The van der Waals surface area contributed by atoms with Gasteiger partial charge in [-0.25, -0.2) is 9.78 Å². The number of anilines is 3. The number of carbonyl (C=O) groups is 2. The van der Waals surface area contributed by atoms with Crippen molar-refractivity contribution in [2.24, 2.45) is 0 Å². The average molecular weight is 545 g/mol. The lowest BCUT2D eigenvalue weighted by Gasteiger charge is -2.35. The van der Waals surface area contributed by atoms with Crippen molar-refractivity contribution in [3.05, 3.63) is 66.1 Å². The van der Waals surface area contributed by atoms with Gasteiger partial charge in [-0.05, 0) is 55.3 Å². The maximum absolute atomic E-state index is 13.4. The summed E-state index contributed by atoms with van der Waals surface area (Å²) in [6.07, 6.45) is 0.550. The van der Waals surface area contributed by atoms with Gasteiger partial charge in [-0.15, -0.1) is 13.2 Å². The maximum atomic E-state index is 13.4. The number of alkyl halides is 3. The van der Waals surface area contributed by atoms with Gasteiger partial charge in [0.25, 0.3) is 5.91 Å². The molecular weight excluding hydrogens is 513 g/mol. The molecule has 0 unspecified atom stereocenters. The van der Waals surface area contributed by atoms with E-state index in [9.17, 15) is 22.8 Å². The van der Waals surface area contributed by atoms with Crippen molar-refractivity contribution in [1.29, 1.82) is 0 Å². The number of aromatic nitrogens is 2. The van der Waals surface area contributed by atoms with Crippen LogP contribution in [-0.4, -0.2) is 58.9 Å². The van der Waals surface area contributed by atoms with Crippen LogP contribution >= 0.6 is 0 Å². The zero-order chi connectivity index (χ0) is 28.0. The molecule has 0 saturated carbocycles.